The van der Waals surface area contributed by atoms with E-state index in [4.69, 9.17) is 9.47 Å². The number of aliphatic hydroxyl groups excluding tert-OH is 1. The van der Waals surface area contributed by atoms with Crippen LogP contribution in [-0.2, 0) is 34.5 Å². The van der Waals surface area contributed by atoms with Crippen LogP contribution in [0.15, 0.2) is 97.1 Å². The van der Waals surface area contributed by atoms with Crippen molar-refractivity contribution in [1.82, 2.24) is 4.57 Å². The van der Waals surface area contributed by atoms with Crippen molar-refractivity contribution >= 4 is 27.9 Å². The molecule has 0 bridgehead atoms. The first-order chi connectivity index (χ1) is 20.9. The van der Waals surface area contributed by atoms with Crippen LogP contribution in [-0.4, -0.2) is 28.5 Å². The van der Waals surface area contributed by atoms with Gasteiger partial charge in [0.15, 0.2) is 0 Å². The zero-order chi connectivity index (χ0) is 29.6. The molecule has 4 aromatic carbocycles. The van der Waals surface area contributed by atoms with E-state index in [1.165, 1.54) is 11.1 Å². The Morgan fingerprint density at radius 3 is 2.26 bits per heavy atom. The van der Waals surface area contributed by atoms with Crippen LogP contribution >= 0.6 is 0 Å². The lowest BCUT2D eigenvalue weighted by Crippen LogP contribution is -2.57. The average Bonchev–Trinajstić information content (AvgIpc) is 3.36. The summed E-state index contributed by atoms with van der Waals surface area (Å²) in [5.41, 5.74) is 6.03. The molecule has 0 saturated heterocycles. The summed E-state index contributed by atoms with van der Waals surface area (Å²) in [6.45, 7) is 5.90. The number of aromatic nitrogens is 1. The van der Waals surface area contributed by atoms with Crippen LogP contribution in [0.3, 0.4) is 0 Å². The molecule has 0 radical (unpaired) electrons. The van der Waals surface area contributed by atoms with Gasteiger partial charge in [-0.3, -0.25) is 0 Å². The molecule has 1 fully saturated rings. The van der Waals surface area contributed by atoms with E-state index in [0.29, 0.717) is 13.2 Å². The first-order valence-corrected chi connectivity index (χ1v) is 15.5. The van der Waals surface area contributed by atoms with Gasteiger partial charge in [0.05, 0.1) is 30.4 Å². The van der Waals surface area contributed by atoms with Crippen molar-refractivity contribution in [3.05, 3.63) is 119 Å². The SMILES string of the molecule is CC1(COCc2ccccc2)[C@@H](O)CC[C@]2(C)c3cc4c5ccccc5n(C(=O)OCc5ccccc5)c4cc3CC[C@@H]12. The third-order valence-corrected chi connectivity index (χ3v) is 10.4. The molecule has 5 nitrogen and oxygen atoms in total. The van der Waals surface area contributed by atoms with Crippen molar-refractivity contribution in [3.8, 4) is 0 Å². The third kappa shape index (κ3) is 4.75. The predicted octanol–water partition coefficient (Wildman–Crippen LogP) is 8.18. The van der Waals surface area contributed by atoms with E-state index in [2.05, 4.69) is 44.2 Å². The third-order valence-electron chi connectivity index (χ3n) is 10.4. The van der Waals surface area contributed by atoms with Gasteiger partial charge in [-0.15, -0.1) is 0 Å². The number of ether oxygens (including phenoxy) is 2. The molecular formula is C38H39NO4. The topological polar surface area (TPSA) is 60.7 Å². The van der Waals surface area contributed by atoms with Gasteiger partial charge in [-0.2, -0.15) is 0 Å². The molecule has 0 amide bonds. The molecule has 43 heavy (non-hydrogen) atoms. The molecule has 5 aromatic rings. The summed E-state index contributed by atoms with van der Waals surface area (Å²) in [5.74, 6) is 0.272. The Balaban J connectivity index is 1.24. The van der Waals surface area contributed by atoms with E-state index in [-0.39, 0.29) is 29.4 Å². The van der Waals surface area contributed by atoms with E-state index in [9.17, 15) is 9.90 Å². The molecule has 1 aromatic heterocycles. The first-order valence-electron chi connectivity index (χ1n) is 15.5. The van der Waals surface area contributed by atoms with E-state index in [0.717, 1.165) is 58.6 Å². The molecule has 5 heteroatoms. The minimum absolute atomic E-state index is 0.108. The van der Waals surface area contributed by atoms with Gasteiger partial charge in [0.25, 0.3) is 0 Å². The lowest BCUT2D eigenvalue weighted by Gasteiger charge is -2.57. The number of aryl methyl sites for hydroxylation is 1. The smallest absolute Gasteiger partial charge is 0.419 e. The number of benzene rings is 4. The summed E-state index contributed by atoms with van der Waals surface area (Å²) in [5, 5.41) is 13.5. The summed E-state index contributed by atoms with van der Waals surface area (Å²) in [4.78, 5) is 13.6. The number of rotatable bonds is 6. The molecule has 220 valence electrons. The maximum Gasteiger partial charge on any atom is 0.419 e. The van der Waals surface area contributed by atoms with Gasteiger partial charge in [-0.1, -0.05) is 92.7 Å². The Morgan fingerprint density at radius 2 is 1.51 bits per heavy atom. The van der Waals surface area contributed by atoms with Gasteiger partial charge in [0, 0.05) is 16.2 Å². The largest absolute Gasteiger partial charge is 0.444 e. The number of hydrogen-bond acceptors (Lipinski definition) is 4. The summed E-state index contributed by atoms with van der Waals surface area (Å²) in [6.07, 6.45) is 2.75. The number of carbonyl (C=O) groups excluding carboxylic acids is 1. The number of nitrogens with zero attached hydrogens (tertiary/aromatic N) is 1. The minimum Gasteiger partial charge on any atom is -0.444 e. The molecule has 2 aliphatic carbocycles. The molecule has 1 unspecified atom stereocenters. The van der Waals surface area contributed by atoms with Crippen LogP contribution in [0.5, 0.6) is 0 Å². The van der Waals surface area contributed by atoms with E-state index >= 15 is 0 Å². The van der Waals surface area contributed by atoms with Gasteiger partial charge in [0.2, 0.25) is 0 Å². The fourth-order valence-corrected chi connectivity index (χ4v) is 8.11. The number of para-hydroxylation sites is 1. The van der Waals surface area contributed by atoms with Gasteiger partial charge < -0.3 is 14.6 Å². The molecule has 4 atom stereocenters. The Labute approximate surface area is 253 Å². The van der Waals surface area contributed by atoms with Crippen LogP contribution in [0.4, 0.5) is 4.79 Å². The van der Waals surface area contributed by atoms with E-state index in [1.54, 1.807) is 4.57 Å². The Kier molecular flexibility index (Phi) is 7.11. The van der Waals surface area contributed by atoms with Crippen LogP contribution in [0.2, 0.25) is 0 Å². The number of carbonyl (C=O) groups is 1. The Bertz CT molecular complexity index is 1780. The minimum atomic E-state index is -0.409. The number of aliphatic hydroxyl groups is 1. The van der Waals surface area contributed by atoms with Crippen LogP contribution < -0.4 is 0 Å². The zero-order valence-electron chi connectivity index (χ0n) is 25.0. The second-order valence-electron chi connectivity index (χ2n) is 13.0. The van der Waals surface area contributed by atoms with E-state index < -0.39 is 6.10 Å². The van der Waals surface area contributed by atoms with Crippen molar-refractivity contribution in [2.24, 2.45) is 11.3 Å². The molecule has 1 N–H and O–H groups in total. The Hall–Kier alpha value is -3.93. The normalized spacial score (nSPS) is 24.9. The van der Waals surface area contributed by atoms with Gasteiger partial charge in [-0.05, 0) is 77.5 Å². The van der Waals surface area contributed by atoms with Crippen molar-refractivity contribution in [2.45, 2.75) is 64.3 Å². The molecular weight excluding hydrogens is 534 g/mol. The molecule has 0 aliphatic heterocycles. The van der Waals surface area contributed by atoms with Gasteiger partial charge in [0.1, 0.15) is 6.61 Å². The van der Waals surface area contributed by atoms with Crippen molar-refractivity contribution < 1.29 is 19.4 Å². The van der Waals surface area contributed by atoms with Crippen LogP contribution in [0, 0.1) is 11.3 Å². The monoisotopic (exact) mass is 573 g/mol. The summed E-state index contributed by atoms with van der Waals surface area (Å²) < 4.78 is 13.9. The first kappa shape index (κ1) is 27.9. The predicted molar refractivity (Wildman–Crippen MR) is 170 cm³/mol. The fourth-order valence-electron chi connectivity index (χ4n) is 8.11. The van der Waals surface area contributed by atoms with Crippen LogP contribution in [0.25, 0.3) is 21.8 Å². The second kappa shape index (κ2) is 11.0. The fraction of sp³-hybridized carbons (Fsp3) is 0.342. The quantitative estimate of drug-likeness (QED) is 0.223. The second-order valence-corrected chi connectivity index (χ2v) is 13.0. The highest BCUT2D eigenvalue weighted by Crippen LogP contribution is 2.58. The number of fused-ring (bicyclic) bond motifs is 6. The van der Waals surface area contributed by atoms with Gasteiger partial charge in [-0.25, -0.2) is 9.36 Å². The maximum atomic E-state index is 13.6. The Morgan fingerprint density at radius 1 is 0.837 bits per heavy atom. The summed E-state index contributed by atoms with van der Waals surface area (Å²) in [7, 11) is 0. The average molecular weight is 574 g/mol. The highest BCUT2D eigenvalue weighted by molar-refractivity contribution is 6.13. The van der Waals surface area contributed by atoms with Crippen molar-refractivity contribution in [2.75, 3.05) is 6.61 Å². The van der Waals surface area contributed by atoms with Crippen molar-refractivity contribution in [3.63, 3.8) is 0 Å². The van der Waals surface area contributed by atoms with Gasteiger partial charge >= 0.3 is 6.09 Å². The molecule has 7 rings (SSSR count). The highest BCUT2D eigenvalue weighted by Gasteiger charge is 2.55. The zero-order valence-corrected chi connectivity index (χ0v) is 25.0. The highest BCUT2D eigenvalue weighted by atomic mass is 16.5. The van der Waals surface area contributed by atoms with Crippen LogP contribution in [0.1, 0.15) is 55.4 Å². The number of hydrogen-bond donors (Lipinski definition) is 1. The lowest BCUT2D eigenvalue weighted by molar-refractivity contribution is -0.127. The summed E-state index contributed by atoms with van der Waals surface area (Å²) >= 11 is 0. The maximum absolute atomic E-state index is 13.6. The standard InChI is InChI=1S/C38H39NO4/c1-37-20-19-35(40)38(2,25-42-23-26-11-5-3-6-12-26)34(37)18-17-28-21-33-30(22-31(28)37)29-15-9-10-16-32(29)39(33)36(41)43-24-27-13-7-4-8-14-27/h3-16,21-22,34-35,40H,17-20,23-25H2,1-2H3/t34-,35+,37-,38?/m1/s1. The molecule has 1 heterocycles. The van der Waals surface area contributed by atoms with Crippen molar-refractivity contribution in [1.29, 1.82) is 0 Å². The molecule has 1 saturated carbocycles. The molecule has 0 spiro atoms. The lowest BCUT2D eigenvalue weighted by atomic mass is 9.49. The van der Waals surface area contributed by atoms with E-state index in [1.807, 2.05) is 66.7 Å². The summed E-state index contributed by atoms with van der Waals surface area (Å²) in [6, 6.07) is 32.7. The molecule has 2 aliphatic rings.